The Morgan fingerprint density at radius 3 is 2.18 bits per heavy atom. The lowest BCUT2D eigenvalue weighted by Crippen LogP contribution is -2.32. The Bertz CT molecular complexity index is 514. The van der Waals surface area contributed by atoms with Crippen molar-refractivity contribution in [3.05, 3.63) is 35.4 Å². The van der Waals surface area contributed by atoms with Crippen molar-refractivity contribution in [2.24, 2.45) is 11.3 Å². The fraction of sp³-hybridized carbons (Fsp3) is 0.556. The van der Waals surface area contributed by atoms with Gasteiger partial charge in [0.25, 0.3) is 0 Å². The van der Waals surface area contributed by atoms with Gasteiger partial charge >= 0.3 is 11.9 Å². The molecular formula is C18H26O4. The average Bonchev–Trinajstić information content (AvgIpc) is 2.44. The molecule has 0 spiro atoms. The highest BCUT2D eigenvalue weighted by Crippen LogP contribution is 2.31. The molecular weight excluding hydrogens is 280 g/mol. The van der Waals surface area contributed by atoms with E-state index >= 15 is 0 Å². The zero-order chi connectivity index (χ0) is 16.8. The standard InChI is InChI=1S/C18H26O4/c1-6-21-16(19)14-11-9-8-10-13(14)12-15(18(3,4)5)17(20)22-7-2/h8-11,15H,6-7,12H2,1-5H3. The van der Waals surface area contributed by atoms with Gasteiger partial charge in [0, 0.05) is 0 Å². The van der Waals surface area contributed by atoms with Crippen molar-refractivity contribution < 1.29 is 19.1 Å². The van der Waals surface area contributed by atoms with Crippen LogP contribution < -0.4 is 0 Å². The minimum Gasteiger partial charge on any atom is -0.466 e. The largest absolute Gasteiger partial charge is 0.466 e. The molecule has 4 nitrogen and oxygen atoms in total. The Morgan fingerprint density at radius 1 is 1.05 bits per heavy atom. The normalized spacial score (nSPS) is 12.6. The molecule has 0 N–H and O–H groups in total. The first-order valence-electron chi connectivity index (χ1n) is 7.72. The van der Waals surface area contributed by atoms with Crippen LogP contribution >= 0.6 is 0 Å². The summed E-state index contributed by atoms with van der Waals surface area (Å²) < 4.78 is 10.3. The van der Waals surface area contributed by atoms with Gasteiger partial charge in [-0.2, -0.15) is 0 Å². The SMILES string of the molecule is CCOC(=O)c1ccccc1CC(C(=O)OCC)C(C)(C)C. The Hall–Kier alpha value is -1.84. The molecule has 1 unspecified atom stereocenters. The van der Waals surface area contributed by atoms with Crippen molar-refractivity contribution in [2.75, 3.05) is 13.2 Å². The van der Waals surface area contributed by atoms with E-state index in [0.717, 1.165) is 5.56 Å². The summed E-state index contributed by atoms with van der Waals surface area (Å²) in [5.74, 6) is -0.897. The highest BCUT2D eigenvalue weighted by molar-refractivity contribution is 5.91. The molecule has 0 heterocycles. The summed E-state index contributed by atoms with van der Waals surface area (Å²) in [4.78, 5) is 24.3. The van der Waals surface area contributed by atoms with E-state index < -0.39 is 0 Å². The van der Waals surface area contributed by atoms with Gasteiger partial charge in [-0.05, 0) is 37.3 Å². The van der Waals surface area contributed by atoms with E-state index in [9.17, 15) is 9.59 Å². The molecule has 1 rings (SSSR count). The topological polar surface area (TPSA) is 52.6 Å². The van der Waals surface area contributed by atoms with Gasteiger partial charge in [0.15, 0.2) is 0 Å². The molecule has 0 fully saturated rings. The van der Waals surface area contributed by atoms with Crippen molar-refractivity contribution in [3.8, 4) is 0 Å². The Morgan fingerprint density at radius 2 is 1.64 bits per heavy atom. The molecule has 1 aromatic carbocycles. The number of rotatable bonds is 6. The molecule has 0 amide bonds. The highest BCUT2D eigenvalue weighted by Gasteiger charge is 2.33. The molecule has 0 bridgehead atoms. The third kappa shape index (κ3) is 4.86. The van der Waals surface area contributed by atoms with E-state index in [1.165, 1.54) is 0 Å². The van der Waals surface area contributed by atoms with E-state index in [1.54, 1.807) is 26.0 Å². The van der Waals surface area contributed by atoms with Crippen molar-refractivity contribution in [3.63, 3.8) is 0 Å². The first-order chi connectivity index (χ1) is 10.3. The minimum atomic E-state index is -0.352. The molecule has 122 valence electrons. The number of esters is 2. The Kier molecular flexibility index (Phi) is 6.60. The molecule has 4 heteroatoms. The Balaban J connectivity index is 3.09. The smallest absolute Gasteiger partial charge is 0.338 e. The van der Waals surface area contributed by atoms with Crippen LogP contribution in [-0.2, 0) is 20.7 Å². The van der Waals surface area contributed by atoms with Crippen LogP contribution in [0, 0.1) is 11.3 Å². The van der Waals surface area contributed by atoms with Crippen LogP contribution in [0.5, 0.6) is 0 Å². The van der Waals surface area contributed by atoms with Gasteiger partial charge < -0.3 is 9.47 Å². The van der Waals surface area contributed by atoms with Crippen LogP contribution in [0.4, 0.5) is 0 Å². The summed E-state index contributed by atoms with van der Waals surface area (Å²) in [7, 11) is 0. The van der Waals surface area contributed by atoms with Crippen LogP contribution in [0.2, 0.25) is 0 Å². The first-order valence-corrected chi connectivity index (χ1v) is 7.72. The van der Waals surface area contributed by atoms with Crippen LogP contribution in [0.25, 0.3) is 0 Å². The van der Waals surface area contributed by atoms with Crippen molar-refractivity contribution in [2.45, 2.75) is 41.0 Å². The number of hydrogen-bond acceptors (Lipinski definition) is 4. The molecule has 0 saturated carbocycles. The van der Waals surface area contributed by atoms with Gasteiger partial charge in [0.2, 0.25) is 0 Å². The lowest BCUT2D eigenvalue weighted by atomic mass is 9.76. The second-order valence-corrected chi connectivity index (χ2v) is 6.25. The fourth-order valence-corrected chi connectivity index (χ4v) is 2.31. The van der Waals surface area contributed by atoms with E-state index in [4.69, 9.17) is 9.47 Å². The van der Waals surface area contributed by atoms with E-state index in [2.05, 4.69) is 0 Å². The number of carbonyl (C=O) groups excluding carboxylic acids is 2. The van der Waals surface area contributed by atoms with Crippen LogP contribution in [0.15, 0.2) is 24.3 Å². The van der Waals surface area contributed by atoms with E-state index in [1.807, 2.05) is 32.9 Å². The number of benzene rings is 1. The number of hydrogen-bond donors (Lipinski definition) is 0. The fourth-order valence-electron chi connectivity index (χ4n) is 2.31. The molecule has 0 aromatic heterocycles. The molecule has 0 aliphatic carbocycles. The maximum atomic E-state index is 12.3. The zero-order valence-corrected chi connectivity index (χ0v) is 14.1. The first kappa shape index (κ1) is 18.2. The average molecular weight is 306 g/mol. The van der Waals surface area contributed by atoms with Crippen LogP contribution in [0.3, 0.4) is 0 Å². The quantitative estimate of drug-likeness (QED) is 0.753. The van der Waals surface area contributed by atoms with E-state index in [-0.39, 0.29) is 23.3 Å². The van der Waals surface area contributed by atoms with Gasteiger partial charge in [-0.3, -0.25) is 4.79 Å². The lowest BCUT2D eigenvalue weighted by molar-refractivity contribution is -0.151. The van der Waals surface area contributed by atoms with Gasteiger partial charge in [-0.1, -0.05) is 39.0 Å². The second-order valence-electron chi connectivity index (χ2n) is 6.25. The van der Waals surface area contributed by atoms with Crippen molar-refractivity contribution in [1.82, 2.24) is 0 Å². The summed E-state index contributed by atoms with van der Waals surface area (Å²) in [6.07, 6.45) is 0.456. The third-order valence-corrected chi connectivity index (χ3v) is 3.55. The molecule has 0 aliphatic rings. The van der Waals surface area contributed by atoms with Crippen molar-refractivity contribution in [1.29, 1.82) is 0 Å². The van der Waals surface area contributed by atoms with E-state index in [0.29, 0.717) is 25.2 Å². The molecule has 22 heavy (non-hydrogen) atoms. The molecule has 1 aromatic rings. The number of ether oxygens (including phenoxy) is 2. The minimum absolute atomic E-state index is 0.228. The molecule has 1 atom stereocenters. The maximum Gasteiger partial charge on any atom is 0.338 e. The summed E-state index contributed by atoms with van der Waals surface area (Å²) in [6.45, 7) is 10.3. The Labute approximate surface area is 132 Å². The van der Waals surface area contributed by atoms with Gasteiger partial charge in [0.1, 0.15) is 0 Å². The monoisotopic (exact) mass is 306 g/mol. The zero-order valence-electron chi connectivity index (χ0n) is 14.1. The molecule has 0 radical (unpaired) electrons. The van der Waals surface area contributed by atoms with Crippen molar-refractivity contribution >= 4 is 11.9 Å². The summed E-state index contributed by atoms with van der Waals surface area (Å²) in [5, 5.41) is 0. The van der Waals surface area contributed by atoms with Crippen LogP contribution in [-0.4, -0.2) is 25.2 Å². The highest BCUT2D eigenvalue weighted by atomic mass is 16.5. The molecule has 0 aliphatic heterocycles. The van der Waals surface area contributed by atoms with Crippen LogP contribution in [0.1, 0.15) is 50.5 Å². The third-order valence-electron chi connectivity index (χ3n) is 3.55. The second kappa shape index (κ2) is 7.97. The predicted octanol–water partition coefficient (Wildman–Crippen LogP) is 3.63. The summed E-state index contributed by atoms with van der Waals surface area (Å²) >= 11 is 0. The predicted molar refractivity (Wildman–Crippen MR) is 85.7 cm³/mol. The molecule has 0 saturated heterocycles. The van der Waals surface area contributed by atoms with Gasteiger partial charge in [-0.25, -0.2) is 4.79 Å². The summed E-state index contributed by atoms with van der Waals surface area (Å²) in [5.41, 5.74) is 1.07. The summed E-state index contributed by atoms with van der Waals surface area (Å²) in [6, 6.07) is 7.26. The van der Waals surface area contributed by atoms with Gasteiger partial charge in [0.05, 0.1) is 24.7 Å². The number of carbonyl (C=O) groups is 2. The maximum absolute atomic E-state index is 12.3. The van der Waals surface area contributed by atoms with Gasteiger partial charge in [-0.15, -0.1) is 0 Å². The lowest BCUT2D eigenvalue weighted by Gasteiger charge is -2.29.